The van der Waals surface area contributed by atoms with E-state index in [0.717, 1.165) is 12.8 Å². The van der Waals surface area contributed by atoms with Crippen LogP contribution in [0.3, 0.4) is 0 Å². The Balaban J connectivity index is 2.58. The molecule has 5 N–H and O–H groups in total. The fourth-order valence-corrected chi connectivity index (χ4v) is 1.30. The van der Waals surface area contributed by atoms with Crippen LogP contribution in [0.15, 0.2) is 0 Å². The van der Waals surface area contributed by atoms with Crippen LogP contribution in [0.5, 0.6) is 0 Å². The van der Waals surface area contributed by atoms with Crippen LogP contribution in [-0.4, -0.2) is 11.3 Å². The van der Waals surface area contributed by atoms with Crippen LogP contribution in [-0.2, 0) is 0 Å². The fraction of sp³-hybridized carbons (Fsp3) is 1.00. The average molecular weight is 129 g/mol. The molecule has 2 unspecified atom stereocenters. The molecule has 1 fully saturated rings. The van der Waals surface area contributed by atoms with Gasteiger partial charge < -0.3 is 11.5 Å². The molecule has 3 nitrogen and oxygen atoms in total. The zero-order chi connectivity index (χ0) is 7.12. The predicted molar refractivity (Wildman–Crippen MR) is 37.6 cm³/mol. The molecular formula is C6H15N3. The maximum Gasteiger partial charge on any atom is 0.0648 e. The molecule has 0 aliphatic carbocycles. The van der Waals surface area contributed by atoms with Crippen molar-refractivity contribution in [2.45, 2.75) is 38.0 Å². The van der Waals surface area contributed by atoms with Crippen LogP contribution in [0, 0.1) is 0 Å². The molecule has 0 spiro atoms. The minimum absolute atomic E-state index is 0.247. The van der Waals surface area contributed by atoms with Gasteiger partial charge in [0, 0.05) is 0 Å². The van der Waals surface area contributed by atoms with Crippen molar-refractivity contribution in [2.75, 3.05) is 0 Å². The number of hydrogen-bond acceptors (Lipinski definition) is 3. The molecule has 0 amide bonds. The van der Waals surface area contributed by atoms with Gasteiger partial charge in [0.05, 0.1) is 11.3 Å². The van der Waals surface area contributed by atoms with E-state index >= 15 is 0 Å². The van der Waals surface area contributed by atoms with Crippen LogP contribution in [0.4, 0.5) is 0 Å². The first kappa shape index (κ1) is 6.99. The molecule has 1 aliphatic rings. The van der Waals surface area contributed by atoms with Crippen molar-refractivity contribution in [3.63, 3.8) is 0 Å². The second-order valence-electron chi connectivity index (χ2n) is 3.46. The van der Waals surface area contributed by atoms with Crippen LogP contribution in [0.2, 0.25) is 0 Å². The highest BCUT2D eigenvalue weighted by molar-refractivity contribution is 4.94. The van der Waals surface area contributed by atoms with E-state index < -0.39 is 0 Å². The molecule has 0 saturated carbocycles. The third kappa shape index (κ3) is 1.64. The Hall–Kier alpha value is -0.120. The molecule has 0 radical (unpaired) electrons. The minimum Gasteiger partial charge on any atom is -0.314 e. The van der Waals surface area contributed by atoms with Crippen molar-refractivity contribution >= 4 is 0 Å². The van der Waals surface area contributed by atoms with Crippen LogP contribution in [0.25, 0.3) is 0 Å². The quantitative estimate of drug-likeness (QED) is 0.421. The summed E-state index contributed by atoms with van der Waals surface area (Å²) in [5.41, 5.74) is 11.0. The highest BCUT2D eigenvalue weighted by Gasteiger charge is 2.35. The van der Waals surface area contributed by atoms with Gasteiger partial charge in [-0.25, -0.2) is 0 Å². The largest absolute Gasteiger partial charge is 0.314 e. The van der Waals surface area contributed by atoms with E-state index in [9.17, 15) is 0 Å². The standard InChI is InChI=1S/C6H15N3/c1-5(7)3-4-6(2,8)9-5/h9H,3-4,7-8H2,1-2H3. The van der Waals surface area contributed by atoms with Gasteiger partial charge in [-0.2, -0.15) is 0 Å². The van der Waals surface area contributed by atoms with Crippen molar-refractivity contribution in [1.29, 1.82) is 0 Å². The lowest BCUT2D eigenvalue weighted by molar-refractivity contribution is 0.342. The lowest BCUT2D eigenvalue weighted by atomic mass is 10.1. The van der Waals surface area contributed by atoms with Gasteiger partial charge in [0.1, 0.15) is 0 Å². The zero-order valence-corrected chi connectivity index (χ0v) is 6.07. The lowest BCUT2D eigenvalue weighted by Gasteiger charge is -2.24. The molecule has 1 heterocycles. The predicted octanol–water partition coefficient (Wildman–Crippen LogP) is -0.280. The van der Waals surface area contributed by atoms with Crippen molar-refractivity contribution in [1.82, 2.24) is 5.32 Å². The number of hydrogen-bond donors (Lipinski definition) is 3. The Kier molecular flexibility index (Phi) is 1.31. The lowest BCUT2D eigenvalue weighted by Crippen LogP contribution is -2.56. The van der Waals surface area contributed by atoms with E-state index in [2.05, 4.69) is 5.32 Å². The monoisotopic (exact) mass is 129 g/mol. The molecule has 1 aliphatic heterocycles. The van der Waals surface area contributed by atoms with Crippen molar-refractivity contribution in [3.05, 3.63) is 0 Å². The summed E-state index contributed by atoms with van der Waals surface area (Å²) >= 11 is 0. The number of rotatable bonds is 0. The summed E-state index contributed by atoms with van der Waals surface area (Å²) < 4.78 is 0. The van der Waals surface area contributed by atoms with Gasteiger partial charge in [0.15, 0.2) is 0 Å². The Morgan fingerprint density at radius 3 is 1.56 bits per heavy atom. The highest BCUT2D eigenvalue weighted by atomic mass is 15.2. The second-order valence-corrected chi connectivity index (χ2v) is 3.46. The van der Waals surface area contributed by atoms with Gasteiger partial charge in [-0.3, -0.25) is 5.32 Å². The highest BCUT2D eigenvalue weighted by Crippen LogP contribution is 2.22. The molecule has 0 bridgehead atoms. The smallest absolute Gasteiger partial charge is 0.0648 e. The second kappa shape index (κ2) is 1.68. The fourth-order valence-electron chi connectivity index (χ4n) is 1.30. The molecule has 2 atom stereocenters. The first-order chi connectivity index (χ1) is 3.91. The topological polar surface area (TPSA) is 64.1 Å². The summed E-state index contributed by atoms with van der Waals surface area (Å²) in [6, 6.07) is 0. The SMILES string of the molecule is CC1(N)CCC(C)(N)N1. The molecule has 0 aromatic carbocycles. The van der Waals surface area contributed by atoms with Crippen LogP contribution in [0.1, 0.15) is 26.7 Å². The molecule has 1 saturated heterocycles. The number of nitrogens with one attached hydrogen (secondary N) is 1. The van der Waals surface area contributed by atoms with Gasteiger partial charge in [-0.15, -0.1) is 0 Å². The van der Waals surface area contributed by atoms with Gasteiger partial charge in [0.25, 0.3) is 0 Å². The zero-order valence-electron chi connectivity index (χ0n) is 6.07. The van der Waals surface area contributed by atoms with Crippen LogP contribution >= 0.6 is 0 Å². The van der Waals surface area contributed by atoms with Gasteiger partial charge in [0.2, 0.25) is 0 Å². The summed E-state index contributed by atoms with van der Waals surface area (Å²) in [6.45, 7) is 3.93. The molecule has 0 aromatic rings. The van der Waals surface area contributed by atoms with Crippen molar-refractivity contribution < 1.29 is 0 Å². The minimum atomic E-state index is -0.247. The van der Waals surface area contributed by atoms with E-state index in [1.807, 2.05) is 13.8 Å². The summed E-state index contributed by atoms with van der Waals surface area (Å²) in [5, 5.41) is 3.12. The molecule has 54 valence electrons. The Morgan fingerprint density at radius 1 is 1.11 bits per heavy atom. The van der Waals surface area contributed by atoms with Gasteiger partial charge >= 0.3 is 0 Å². The number of nitrogens with two attached hydrogens (primary N) is 2. The molecule has 0 aromatic heterocycles. The summed E-state index contributed by atoms with van der Waals surface area (Å²) in [4.78, 5) is 0. The maximum atomic E-state index is 5.76. The summed E-state index contributed by atoms with van der Waals surface area (Å²) in [5.74, 6) is 0. The third-order valence-corrected chi connectivity index (χ3v) is 1.73. The Labute approximate surface area is 55.8 Å². The third-order valence-electron chi connectivity index (χ3n) is 1.73. The first-order valence-corrected chi connectivity index (χ1v) is 3.28. The maximum absolute atomic E-state index is 5.76. The molecule has 1 rings (SSSR count). The van der Waals surface area contributed by atoms with Gasteiger partial charge in [-0.1, -0.05) is 0 Å². The Morgan fingerprint density at radius 2 is 1.44 bits per heavy atom. The van der Waals surface area contributed by atoms with Crippen molar-refractivity contribution in [3.8, 4) is 0 Å². The van der Waals surface area contributed by atoms with E-state index in [1.165, 1.54) is 0 Å². The Bertz CT molecular complexity index is 103. The summed E-state index contributed by atoms with van der Waals surface area (Å²) in [6.07, 6.45) is 1.92. The van der Waals surface area contributed by atoms with E-state index in [4.69, 9.17) is 11.5 Å². The average Bonchev–Trinajstić information content (AvgIpc) is 1.78. The van der Waals surface area contributed by atoms with E-state index in [1.54, 1.807) is 0 Å². The normalized spacial score (nSPS) is 52.0. The van der Waals surface area contributed by atoms with Crippen LogP contribution < -0.4 is 16.8 Å². The molecular weight excluding hydrogens is 114 g/mol. The summed E-state index contributed by atoms with van der Waals surface area (Å²) in [7, 11) is 0. The van der Waals surface area contributed by atoms with E-state index in [-0.39, 0.29) is 11.3 Å². The van der Waals surface area contributed by atoms with Crippen molar-refractivity contribution in [2.24, 2.45) is 11.5 Å². The first-order valence-electron chi connectivity index (χ1n) is 3.28. The van der Waals surface area contributed by atoms with Gasteiger partial charge in [-0.05, 0) is 26.7 Å². The van der Waals surface area contributed by atoms with E-state index in [0.29, 0.717) is 0 Å². The molecule has 3 heteroatoms. The molecule has 9 heavy (non-hydrogen) atoms.